The number of rotatable bonds is 11. The Morgan fingerprint density at radius 3 is 2.30 bits per heavy atom. The van der Waals surface area contributed by atoms with Crippen LogP contribution in [0, 0.1) is 5.92 Å². The van der Waals surface area contributed by atoms with Crippen molar-refractivity contribution in [1.82, 2.24) is 14.7 Å². The van der Waals surface area contributed by atoms with Crippen LogP contribution in [0.1, 0.15) is 46.1 Å². The summed E-state index contributed by atoms with van der Waals surface area (Å²) in [4.78, 5) is 57.4. The largest absolute Gasteiger partial charge is 0.449 e. The van der Waals surface area contributed by atoms with E-state index in [0.717, 1.165) is 10.5 Å². The number of amides is 4. The predicted molar refractivity (Wildman–Crippen MR) is 170 cm³/mol. The summed E-state index contributed by atoms with van der Waals surface area (Å²) in [5, 5.41) is -1.17. The van der Waals surface area contributed by atoms with Crippen LogP contribution in [-0.2, 0) is 39.9 Å². The molecule has 2 unspecified atom stereocenters. The third kappa shape index (κ3) is 7.97. The van der Waals surface area contributed by atoms with Crippen molar-refractivity contribution < 1.29 is 36.8 Å². The summed E-state index contributed by atoms with van der Waals surface area (Å²) >= 11 is 0. The molecule has 2 aliphatic heterocycles. The van der Waals surface area contributed by atoms with Crippen molar-refractivity contribution >= 4 is 42.0 Å². The first-order chi connectivity index (χ1) is 20.4. The van der Waals surface area contributed by atoms with Gasteiger partial charge in [0, 0.05) is 32.8 Å². The highest BCUT2D eigenvalue weighted by atomic mass is 32.2. The van der Waals surface area contributed by atoms with E-state index in [1.165, 1.54) is 15.9 Å². The highest BCUT2D eigenvalue weighted by molar-refractivity contribution is 7.92. The van der Waals surface area contributed by atoms with E-state index >= 15 is 0 Å². The van der Waals surface area contributed by atoms with Crippen LogP contribution in [0.15, 0.2) is 42.0 Å². The van der Waals surface area contributed by atoms with Crippen LogP contribution in [-0.4, -0.2) is 106 Å². The van der Waals surface area contributed by atoms with Crippen molar-refractivity contribution in [2.75, 3.05) is 39.6 Å². The number of likely N-dealkylation sites (N-methyl/N-ethyl adjacent to an activating group) is 1. The Kier molecular flexibility index (Phi) is 11.2. The first-order valence-corrected chi connectivity index (χ1v) is 19.6. The molecule has 4 amide bonds. The quantitative estimate of drug-likeness (QED) is 0.263. The summed E-state index contributed by atoms with van der Waals surface area (Å²) in [6.07, 6.45) is 0.672. The molecule has 0 radical (unpaired) electrons. The minimum atomic E-state index is -3.63. The van der Waals surface area contributed by atoms with Crippen molar-refractivity contribution in [2.24, 2.45) is 5.92 Å². The van der Waals surface area contributed by atoms with Crippen LogP contribution < -0.4 is 0 Å². The highest BCUT2D eigenvalue weighted by Gasteiger charge is 2.50. The fourth-order valence-electron chi connectivity index (χ4n) is 5.16. The number of hydrogen-bond donors (Lipinski definition) is 0. The van der Waals surface area contributed by atoms with Gasteiger partial charge in [0.1, 0.15) is 5.92 Å². The SMILES string of the molecule is CCOC(=O)N1C(=O)C(C(=O)N(CCC2C(C(=O)N(C)C)=CCS2(=O)=O)Cc2ccccc2)C[C@H]1CO[Si](C)(C)C(C)(C)C. The second-order valence-corrected chi connectivity index (χ2v) is 20.2. The zero-order valence-corrected chi connectivity index (χ0v) is 29.0. The van der Waals surface area contributed by atoms with Crippen molar-refractivity contribution in [3.05, 3.63) is 47.5 Å². The van der Waals surface area contributed by atoms with Crippen molar-refractivity contribution in [3.8, 4) is 0 Å². The Morgan fingerprint density at radius 1 is 1.09 bits per heavy atom. The number of hydrogen-bond acceptors (Lipinski definition) is 8. The maximum absolute atomic E-state index is 14.1. The summed E-state index contributed by atoms with van der Waals surface area (Å²) in [7, 11) is -2.76. The lowest BCUT2D eigenvalue weighted by Gasteiger charge is -2.37. The van der Waals surface area contributed by atoms with Gasteiger partial charge in [0.25, 0.3) is 0 Å². The van der Waals surface area contributed by atoms with Crippen LogP contribution in [0.3, 0.4) is 0 Å². The molecule has 3 atom stereocenters. The Hall–Kier alpha value is -3.03. The van der Waals surface area contributed by atoms with Gasteiger partial charge < -0.3 is 19.0 Å². The maximum atomic E-state index is 14.1. The minimum Gasteiger partial charge on any atom is -0.449 e. The molecular formula is C31H47N3O8SSi. The summed E-state index contributed by atoms with van der Waals surface area (Å²) in [5.41, 5.74) is 0.983. The molecule has 1 aromatic rings. The molecule has 0 bridgehead atoms. The lowest BCUT2D eigenvalue weighted by molar-refractivity contribution is -0.143. The highest BCUT2D eigenvalue weighted by Crippen LogP contribution is 2.38. The van der Waals surface area contributed by atoms with Gasteiger partial charge in [-0.1, -0.05) is 57.2 Å². The van der Waals surface area contributed by atoms with E-state index in [1.807, 2.05) is 30.3 Å². The molecule has 2 aliphatic rings. The summed E-state index contributed by atoms with van der Waals surface area (Å²) < 4.78 is 37.4. The Labute approximate surface area is 262 Å². The molecule has 0 N–H and O–H groups in total. The van der Waals surface area contributed by atoms with Crippen LogP contribution in [0.25, 0.3) is 0 Å². The van der Waals surface area contributed by atoms with E-state index in [4.69, 9.17) is 9.16 Å². The molecule has 44 heavy (non-hydrogen) atoms. The number of benzene rings is 1. The number of carbonyl (C=O) groups excluding carboxylic acids is 4. The first kappa shape index (κ1) is 35.4. The Morgan fingerprint density at radius 2 is 1.73 bits per heavy atom. The topological polar surface area (TPSA) is 131 Å². The second-order valence-electron chi connectivity index (χ2n) is 13.1. The van der Waals surface area contributed by atoms with Gasteiger partial charge in [0.2, 0.25) is 17.7 Å². The summed E-state index contributed by atoms with van der Waals surface area (Å²) in [6, 6.07) is 8.48. The van der Waals surface area contributed by atoms with E-state index in [1.54, 1.807) is 21.0 Å². The predicted octanol–water partition coefficient (Wildman–Crippen LogP) is 3.61. The van der Waals surface area contributed by atoms with Gasteiger partial charge in [-0.15, -0.1) is 0 Å². The van der Waals surface area contributed by atoms with Crippen molar-refractivity contribution in [1.29, 1.82) is 0 Å². The fourth-order valence-corrected chi connectivity index (χ4v) is 7.89. The van der Waals surface area contributed by atoms with E-state index < -0.39 is 59.2 Å². The molecule has 1 aromatic carbocycles. The van der Waals surface area contributed by atoms with Crippen LogP contribution >= 0.6 is 0 Å². The molecule has 3 rings (SSSR count). The Balaban J connectivity index is 1.90. The number of likely N-dealkylation sites (tertiary alicyclic amines) is 1. The van der Waals surface area contributed by atoms with Gasteiger partial charge in [-0.2, -0.15) is 0 Å². The van der Waals surface area contributed by atoms with E-state index in [9.17, 15) is 27.6 Å². The van der Waals surface area contributed by atoms with Crippen molar-refractivity contribution in [3.63, 3.8) is 0 Å². The fraction of sp³-hybridized carbons (Fsp3) is 0.613. The van der Waals surface area contributed by atoms with Crippen LogP contribution in [0.4, 0.5) is 4.79 Å². The molecule has 1 fully saturated rings. The second kappa shape index (κ2) is 13.9. The average Bonchev–Trinajstić information content (AvgIpc) is 3.43. The number of carbonyl (C=O) groups is 4. The van der Waals surface area contributed by atoms with E-state index in [0.29, 0.717) is 0 Å². The molecule has 13 heteroatoms. The molecule has 244 valence electrons. The number of ether oxygens (including phenoxy) is 1. The molecule has 11 nitrogen and oxygen atoms in total. The lowest BCUT2D eigenvalue weighted by Crippen LogP contribution is -2.47. The zero-order chi connectivity index (χ0) is 33.0. The molecule has 1 saturated heterocycles. The molecule has 0 saturated carbocycles. The van der Waals surface area contributed by atoms with E-state index in [-0.39, 0.29) is 55.5 Å². The number of sulfone groups is 1. The van der Waals surface area contributed by atoms with Gasteiger partial charge >= 0.3 is 6.09 Å². The van der Waals surface area contributed by atoms with Crippen LogP contribution in [0.2, 0.25) is 18.1 Å². The molecule has 0 spiro atoms. The van der Waals surface area contributed by atoms with Gasteiger partial charge in [-0.25, -0.2) is 18.1 Å². The van der Waals surface area contributed by atoms with Crippen LogP contribution in [0.5, 0.6) is 0 Å². The maximum Gasteiger partial charge on any atom is 0.416 e. The van der Waals surface area contributed by atoms with Gasteiger partial charge in [-0.05, 0) is 43.5 Å². The van der Waals surface area contributed by atoms with Gasteiger partial charge in [-0.3, -0.25) is 14.4 Å². The third-order valence-corrected chi connectivity index (χ3v) is 15.3. The lowest BCUT2D eigenvalue weighted by atomic mass is 10.0. The normalized spacial score (nSPS) is 21.6. The summed E-state index contributed by atoms with van der Waals surface area (Å²) in [5.74, 6) is -2.98. The minimum absolute atomic E-state index is 0.00721. The molecular weight excluding hydrogens is 603 g/mol. The Bertz CT molecular complexity index is 1370. The van der Waals surface area contributed by atoms with E-state index in [2.05, 4.69) is 33.9 Å². The molecule has 0 aromatic heterocycles. The first-order valence-electron chi connectivity index (χ1n) is 15.0. The monoisotopic (exact) mass is 649 g/mol. The zero-order valence-electron chi connectivity index (χ0n) is 27.2. The van der Waals surface area contributed by atoms with Gasteiger partial charge in [0.15, 0.2) is 18.2 Å². The van der Waals surface area contributed by atoms with Crippen molar-refractivity contribution in [2.45, 2.75) is 76.5 Å². The average molecular weight is 650 g/mol. The third-order valence-electron chi connectivity index (χ3n) is 8.77. The number of imide groups is 1. The standard InChI is InChI=1S/C31H47N3O8SSi/c1-9-41-30(38)34-23(21-42-44(7,8)31(2,3)4)19-25(29(34)37)28(36)33(20-22-13-11-10-12-14-22)17-15-26-24(27(35)32(5)6)16-18-43(26,39)40/h10-14,16,23,25-26H,9,15,17-21H2,1-8H3/t23-,25?,26?/m0/s1. The molecule has 2 heterocycles. The summed E-state index contributed by atoms with van der Waals surface area (Å²) in [6.45, 7) is 12.3. The number of nitrogens with zero attached hydrogens (tertiary/aromatic N) is 3. The molecule has 0 aliphatic carbocycles. The van der Waals surface area contributed by atoms with Gasteiger partial charge in [0.05, 0.1) is 30.3 Å². The smallest absolute Gasteiger partial charge is 0.416 e.